The van der Waals surface area contributed by atoms with Crippen molar-refractivity contribution in [3.8, 4) is 0 Å². The van der Waals surface area contributed by atoms with E-state index in [1.165, 1.54) is 5.56 Å². The second-order valence-corrected chi connectivity index (χ2v) is 6.96. The van der Waals surface area contributed by atoms with Crippen LogP contribution in [0.5, 0.6) is 0 Å². The van der Waals surface area contributed by atoms with Crippen LogP contribution in [-0.4, -0.2) is 23.3 Å². The highest BCUT2D eigenvalue weighted by Crippen LogP contribution is 2.31. The summed E-state index contributed by atoms with van der Waals surface area (Å²) in [5, 5.41) is 14.8. The SMILES string of the molecule is CC1CCC(O)(CNC(C)Cc2ccc(Cl)cc2)CC1. The minimum absolute atomic E-state index is 0.361. The molecular formula is C17H26ClNO. The Balaban J connectivity index is 1.77. The zero-order valence-electron chi connectivity index (χ0n) is 12.5. The molecule has 1 aliphatic carbocycles. The minimum atomic E-state index is -0.499. The number of nitrogens with one attached hydrogen (secondary N) is 1. The van der Waals surface area contributed by atoms with Crippen molar-refractivity contribution in [1.82, 2.24) is 5.32 Å². The van der Waals surface area contributed by atoms with Crippen molar-refractivity contribution in [3.05, 3.63) is 34.9 Å². The summed E-state index contributed by atoms with van der Waals surface area (Å²) in [6.07, 6.45) is 5.10. The summed E-state index contributed by atoms with van der Waals surface area (Å²) in [6.45, 7) is 5.15. The Hall–Kier alpha value is -0.570. The van der Waals surface area contributed by atoms with Crippen LogP contribution >= 0.6 is 11.6 Å². The molecule has 0 spiro atoms. The molecule has 1 fully saturated rings. The van der Waals surface area contributed by atoms with Crippen LogP contribution in [0, 0.1) is 5.92 Å². The molecule has 1 aromatic rings. The monoisotopic (exact) mass is 295 g/mol. The predicted octanol–water partition coefficient (Wildman–Crippen LogP) is 3.80. The Morgan fingerprint density at radius 3 is 2.50 bits per heavy atom. The number of benzene rings is 1. The molecule has 0 radical (unpaired) electrons. The number of hydrogen-bond acceptors (Lipinski definition) is 2. The van der Waals surface area contributed by atoms with Gasteiger partial charge in [-0.25, -0.2) is 0 Å². The molecule has 3 heteroatoms. The first-order valence-corrected chi connectivity index (χ1v) is 8.05. The second kappa shape index (κ2) is 6.93. The third-order valence-electron chi connectivity index (χ3n) is 4.44. The van der Waals surface area contributed by atoms with Crippen molar-refractivity contribution >= 4 is 11.6 Å². The molecule has 0 heterocycles. The van der Waals surface area contributed by atoms with Crippen molar-refractivity contribution in [2.24, 2.45) is 5.92 Å². The summed E-state index contributed by atoms with van der Waals surface area (Å²) in [5.41, 5.74) is 0.777. The zero-order chi connectivity index (χ0) is 14.6. The fourth-order valence-corrected chi connectivity index (χ4v) is 3.01. The maximum atomic E-state index is 10.6. The Labute approximate surface area is 127 Å². The first-order valence-electron chi connectivity index (χ1n) is 7.67. The summed E-state index contributed by atoms with van der Waals surface area (Å²) >= 11 is 5.89. The van der Waals surface area contributed by atoms with E-state index in [0.29, 0.717) is 12.6 Å². The summed E-state index contributed by atoms with van der Waals surface area (Å²) in [6, 6.07) is 8.36. The van der Waals surface area contributed by atoms with Gasteiger partial charge in [0.2, 0.25) is 0 Å². The second-order valence-electron chi connectivity index (χ2n) is 6.52. The fraction of sp³-hybridized carbons (Fsp3) is 0.647. The van der Waals surface area contributed by atoms with Gasteiger partial charge in [-0.2, -0.15) is 0 Å². The van der Waals surface area contributed by atoms with Gasteiger partial charge in [-0.15, -0.1) is 0 Å². The smallest absolute Gasteiger partial charge is 0.0771 e. The fourth-order valence-electron chi connectivity index (χ4n) is 2.89. The number of aliphatic hydroxyl groups is 1. The standard InChI is InChI=1S/C17H26ClNO/c1-13-7-9-17(20,10-8-13)12-19-14(2)11-15-3-5-16(18)6-4-15/h3-6,13-14,19-20H,7-12H2,1-2H3. The van der Waals surface area contributed by atoms with E-state index in [9.17, 15) is 5.11 Å². The Morgan fingerprint density at radius 1 is 1.30 bits per heavy atom. The van der Waals surface area contributed by atoms with E-state index < -0.39 is 5.60 Å². The minimum Gasteiger partial charge on any atom is -0.389 e. The molecule has 1 aliphatic rings. The predicted molar refractivity (Wildman–Crippen MR) is 85.2 cm³/mol. The van der Waals surface area contributed by atoms with E-state index in [0.717, 1.165) is 43.0 Å². The van der Waals surface area contributed by atoms with E-state index in [1.54, 1.807) is 0 Å². The van der Waals surface area contributed by atoms with Crippen LogP contribution in [0.3, 0.4) is 0 Å². The average Bonchev–Trinajstić information content (AvgIpc) is 2.43. The molecule has 0 amide bonds. The first kappa shape index (κ1) is 15.8. The van der Waals surface area contributed by atoms with Crippen LogP contribution in [0.1, 0.15) is 45.1 Å². The average molecular weight is 296 g/mol. The van der Waals surface area contributed by atoms with E-state index >= 15 is 0 Å². The highest BCUT2D eigenvalue weighted by molar-refractivity contribution is 6.30. The van der Waals surface area contributed by atoms with Crippen molar-refractivity contribution in [2.45, 2.75) is 57.6 Å². The van der Waals surface area contributed by atoms with Gasteiger partial charge in [-0.3, -0.25) is 0 Å². The highest BCUT2D eigenvalue weighted by atomic mass is 35.5. The summed E-state index contributed by atoms with van der Waals surface area (Å²) in [5.74, 6) is 0.766. The third kappa shape index (κ3) is 4.76. The molecule has 1 atom stereocenters. The number of hydrogen-bond donors (Lipinski definition) is 2. The van der Waals surface area contributed by atoms with Gasteiger partial charge < -0.3 is 10.4 Å². The Bertz CT molecular complexity index is 410. The Kier molecular flexibility index (Phi) is 5.48. The van der Waals surface area contributed by atoms with Crippen molar-refractivity contribution in [1.29, 1.82) is 0 Å². The van der Waals surface area contributed by atoms with Gasteiger partial charge in [-0.1, -0.05) is 30.7 Å². The summed E-state index contributed by atoms with van der Waals surface area (Å²) < 4.78 is 0. The Morgan fingerprint density at radius 2 is 1.90 bits per heavy atom. The molecule has 2 rings (SSSR count). The van der Waals surface area contributed by atoms with Crippen LogP contribution in [0.15, 0.2) is 24.3 Å². The van der Waals surface area contributed by atoms with E-state index in [-0.39, 0.29) is 0 Å². The zero-order valence-corrected chi connectivity index (χ0v) is 13.3. The molecule has 1 aromatic carbocycles. The molecule has 2 N–H and O–H groups in total. The number of rotatable bonds is 5. The van der Waals surface area contributed by atoms with Crippen molar-refractivity contribution in [3.63, 3.8) is 0 Å². The maximum Gasteiger partial charge on any atom is 0.0771 e. The van der Waals surface area contributed by atoms with Crippen LogP contribution in [0.4, 0.5) is 0 Å². The van der Waals surface area contributed by atoms with Gasteiger partial charge in [0.05, 0.1) is 5.60 Å². The number of halogens is 1. The topological polar surface area (TPSA) is 32.3 Å². The molecule has 20 heavy (non-hydrogen) atoms. The molecule has 0 aromatic heterocycles. The van der Waals surface area contributed by atoms with Gasteiger partial charge in [0, 0.05) is 17.6 Å². The summed E-state index contributed by atoms with van der Waals surface area (Å²) in [4.78, 5) is 0. The van der Waals surface area contributed by atoms with E-state index in [2.05, 4.69) is 31.3 Å². The van der Waals surface area contributed by atoms with Crippen LogP contribution in [0.2, 0.25) is 5.02 Å². The van der Waals surface area contributed by atoms with Crippen LogP contribution in [0.25, 0.3) is 0 Å². The third-order valence-corrected chi connectivity index (χ3v) is 4.69. The lowest BCUT2D eigenvalue weighted by atomic mass is 9.79. The highest BCUT2D eigenvalue weighted by Gasteiger charge is 2.31. The van der Waals surface area contributed by atoms with E-state index in [4.69, 9.17) is 11.6 Å². The molecule has 2 nitrogen and oxygen atoms in total. The summed E-state index contributed by atoms with van der Waals surface area (Å²) in [7, 11) is 0. The molecule has 0 bridgehead atoms. The molecule has 1 unspecified atom stereocenters. The van der Waals surface area contributed by atoms with E-state index in [1.807, 2.05) is 12.1 Å². The van der Waals surface area contributed by atoms with Crippen LogP contribution < -0.4 is 5.32 Å². The quantitative estimate of drug-likeness (QED) is 0.866. The lowest BCUT2D eigenvalue weighted by Gasteiger charge is -2.36. The van der Waals surface area contributed by atoms with Crippen molar-refractivity contribution < 1.29 is 5.11 Å². The normalized spacial score (nSPS) is 28.3. The van der Waals surface area contributed by atoms with Crippen molar-refractivity contribution in [2.75, 3.05) is 6.54 Å². The maximum absolute atomic E-state index is 10.6. The largest absolute Gasteiger partial charge is 0.389 e. The van der Waals surface area contributed by atoms with Gasteiger partial charge >= 0.3 is 0 Å². The molecule has 112 valence electrons. The van der Waals surface area contributed by atoms with Gasteiger partial charge in [-0.05, 0) is 62.6 Å². The molecule has 1 saturated carbocycles. The molecule has 0 aliphatic heterocycles. The lowest BCUT2D eigenvalue weighted by Crippen LogP contribution is -2.46. The molecular weight excluding hydrogens is 270 g/mol. The van der Waals surface area contributed by atoms with Gasteiger partial charge in [0.25, 0.3) is 0 Å². The van der Waals surface area contributed by atoms with Crippen LogP contribution in [-0.2, 0) is 6.42 Å². The molecule has 0 saturated heterocycles. The van der Waals surface area contributed by atoms with Gasteiger partial charge in [0.1, 0.15) is 0 Å². The van der Waals surface area contributed by atoms with Gasteiger partial charge in [0.15, 0.2) is 0 Å². The lowest BCUT2D eigenvalue weighted by molar-refractivity contribution is -0.00777. The first-order chi connectivity index (χ1) is 9.47.